The molecule has 108 valence electrons. The summed E-state index contributed by atoms with van der Waals surface area (Å²) in [5.74, 6) is 1.65. The van der Waals surface area contributed by atoms with Crippen molar-refractivity contribution in [3.63, 3.8) is 0 Å². The van der Waals surface area contributed by atoms with Gasteiger partial charge in [-0.15, -0.1) is 0 Å². The van der Waals surface area contributed by atoms with Crippen LogP contribution in [0.25, 0.3) is 0 Å². The Morgan fingerprint density at radius 2 is 1.80 bits per heavy atom. The summed E-state index contributed by atoms with van der Waals surface area (Å²) in [6.07, 6.45) is 2.49. The van der Waals surface area contributed by atoms with Crippen LogP contribution in [-0.4, -0.2) is 39.1 Å². The minimum atomic E-state index is -0.0103. The summed E-state index contributed by atoms with van der Waals surface area (Å²) in [6, 6.07) is 9.51. The van der Waals surface area contributed by atoms with E-state index in [1.54, 1.807) is 11.8 Å². The van der Waals surface area contributed by atoms with Gasteiger partial charge in [0.25, 0.3) is 5.24 Å². The predicted molar refractivity (Wildman–Crippen MR) is 93.8 cm³/mol. The molecule has 0 spiro atoms. The van der Waals surface area contributed by atoms with Crippen LogP contribution in [0.3, 0.4) is 0 Å². The maximum absolute atomic E-state index is 11.7. The van der Waals surface area contributed by atoms with Gasteiger partial charge in [0.1, 0.15) is 4.32 Å². The number of anilines is 1. The molecule has 1 heterocycles. The highest BCUT2D eigenvalue weighted by atomic mass is 32.2. The highest BCUT2D eigenvalue weighted by molar-refractivity contribution is 8.23. The van der Waals surface area contributed by atoms with Crippen LogP contribution in [0.15, 0.2) is 30.3 Å². The Bertz CT molecular complexity index is 447. The van der Waals surface area contributed by atoms with Crippen LogP contribution in [-0.2, 0) is 0 Å². The third-order valence-corrected chi connectivity index (χ3v) is 5.48. The van der Waals surface area contributed by atoms with Crippen molar-refractivity contribution in [1.29, 1.82) is 0 Å². The maximum Gasteiger partial charge on any atom is 0.283 e. The molecule has 0 aromatic heterocycles. The highest BCUT2D eigenvalue weighted by Crippen LogP contribution is 2.18. The molecule has 1 fully saturated rings. The van der Waals surface area contributed by atoms with Gasteiger partial charge in [-0.1, -0.05) is 53.9 Å². The van der Waals surface area contributed by atoms with E-state index in [1.165, 1.54) is 24.6 Å². The molecule has 6 heteroatoms. The number of rotatable bonds is 4. The van der Waals surface area contributed by atoms with Crippen molar-refractivity contribution in [1.82, 2.24) is 4.90 Å². The molecule has 1 aromatic carbocycles. The van der Waals surface area contributed by atoms with Crippen LogP contribution in [0.4, 0.5) is 10.5 Å². The van der Waals surface area contributed by atoms with E-state index in [4.69, 9.17) is 12.2 Å². The number of likely N-dealkylation sites (tertiary alicyclic amines) is 1. The summed E-state index contributed by atoms with van der Waals surface area (Å²) in [4.78, 5) is 14.0. The molecule has 1 saturated heterocycles. The molecule has 0 atom stereocenters. The maximum atomic E-state index is 11.7. The SMILES string of the molecule is O=C(Nc1ccccc1)SCCSC(=S)N1CCCC1. The van der Waals surface area contributed by atoms with Crippen molar-refractivity contribution in [2.45, 2.75) is 12.8 Å². The normalized spacial score (nSPS) is 14.3. The summed E-state index contributed by atoms with van der Waals surface area (Å²) in [5.41, 5.74) is 0.838. The van der Waals surface area contributed by atoms with Crippen LogP contribution in [0.2, 0.25) is 0 Å². The zero-order valence-corrected chi connectivity index (χ0v) is 13.7. The predicted octanol–water partition coefficient (Wildman–Crippen LogP) is 4.07. The lowest BCUT2D eigenvalue weighted by molar-refractivity contribution is 0.270. The number of hydrogen-bond acceptors (Lipinski definition) is 4. The van der Waals surface area contributed by atoms with Crippen LogP contribution in [0.5, 0.6) is 0 Å². The first-order valence-corrected chi connectivity index (χ1v) is 9.04. The van der Waals surface area contributed by atoms with E-state index in [1.807, 2.05) is 30.3 Å². The van der Waals surface area contributed by atoms with Gasteiger partial charge in [0.05, 0.1) is 0 Å². The molecular weight excluding hydrogens is 308 g/mol. The largest absolute Gasteiger partial charge is 0.358 e. The molecule has 1 aromatic rings. The van der Waals surface area contributed by atoms with Crippen LogP contribution in [0.1, 0.15) is 12.8 Å². The molecule has 3 nitrogen and oxygen atoms in total. The second-order valence-electron chi connectivity index (χ2n) is 4.44. The third-order valence-electron chi connectivity index (χ3n) is 2.93. The first-order chi connectivity index (χ1) is 9.75. The zero-order valence-electron chi connectivity index (χ0n) is 11.2. The first-order valence-electron chi connectivity index (χ1n) is 6.66. The summed E-state index contributed by atoms with van der Waals surface area (Å²) in [7, 11) is 0. The molecule has 1 aliphatic heterocycles. The molecule has 2 rings (SSSR count). The monoisotopic (exact) mass is 326 g/mol. The van der Waals surface area contributed by atoms with E-state index in [2.05, 4.69) is 10.2 Å². The quantitative estimate of drug-likeness (QED) is 0.666. The van der Waals surface area contributed by atoms with Gasteiger partial charge in [-0.05, 0) is 25.0 Å². The van der Waals surface area contributed by atoms with E-state index in [0.717, 1.165) is 34.6 Å². The topological polar surface area (TPSA) is 32.3 Å². The molecule has 0 unspecified atom stereocenters. The van der Waals surface area contributed by atoms with Crippen molar-refractivity contribution in [2.75, 3.05) is 29.9 Å². The van der Waals surface area contributed by atoms with Crippen LogP contribution >= 0.6 is 35.7 Å². The van der Waals surface area contributed by atoms with Gasteiger partial charge in [-0.25, -0.2) is 0 Å². The Hall–Kier alpha value is -0.720. The Kier molecular flexibility index (Phi) is 6.69. The summed E-state index contributed by atoms with van der Waals surface area (Å²) in [5, 5.41) is 2.85. The van der Waals surface area contributed by atoms with Crippen molar-refractivity contribution < 1.29 is 4.79 Å². The summed E-state index contributed by atoms with van der Waals surface area (Å²) < 4.78 is 0.978. The minimum absolute atomic E-state index is 0.0103. The van der Waals surface area contributed by atoms with Crippen LogP contribution < -0.4 is 5.32 Å². The molecular formula is C14H18N2OS3. The van der Waals surface area contributed by atoms with Crippen molar-refractivity contribution in [3.05, 3.63) is 30.3 Å². The molecule has 0 bridgehead atoms. The van der Waals surface area contributed by atoms with Crippen molar-refractivity contribution in [2.24, 2.45) is 0 Å². The second-order valence-corrected chi connectivity index (χ2v) is 7.23. The number of benzene rings is 1. The lowest BCUT2D eigenvalue weighted by Gasteiger charge is -2.17. The smallest absolute Gasteiger partial charge is 0.283 e. The Morgan fingerprint density at radius 1 is 1.15 bits per heavy atom. The van der Waals surface area contributed by atoms with E-state index in [9.17, 15) is 4.79 Å². The molecule has 0 aliphatic carbocycles. The number of nitrogens with one attached hydrogen (secondary N) is 1. The Morgan fingerprint density at radius 3 is 2.50 bits per heavy atom. The second kappa shape index (κ2) is 8.54. The van der Waals surface area contributed by atoms with E-state index < -0.39 is 0 Å². The van der Waals surface area contributed by atoms with E-state index in [0.29, 0.717) is 0 Å². The van der Waals surface area contributed by atoms with E-state index in [-0.39, 0.29) is 5.24 Å². The number of hydrogen-bond donors (Lipinski definition) is 1. The number of thiocarbonyl (C=S) groups is 1. The fraction of sp³-hybridized carbons (Fsp3) is 0.429. The summed E-state index contributed by atoms with van der Waals surface area (Å²) >= 11 is 8.36. The minimum Gasteiger partial charge on any atom is -0.358 e. The average molecular weight is 327 g/mol. The zero-order chi connectivity index (χ0) is 14.2. The third kappa shape index (κ3) is 5.34. The number of carbonyl (C=O) groups excluding carboxylic acids is 1. The van der Waals surface area contributed by atoms with Gasteiger partial charge >= 0.3 is 0 Å². The highest BCUT2D eigenvalue weighted by Gasteiger charge is 2.14. The molecule has 20 heavy (non-hydrogen) atoms. The Labute approximate surface area is 133 Å². The number of carbonyl (C=O) groups is 1. The summed E-state index contributed by atoms with van der Waals surface area (Å²) in [6.45, 7) is 2.18. The lowest BCUT2D eigenvalue weighted by Crippen LogP contribution is -2.23. The molecule has 0 saturated carbocycles. The van der Waals surface area contributed by atoms with Crippen LogP contribution in [0, 0.1) is 0 Å². The molecule has 1 amide bonds. The van der Waals surface area contributed by atoms with Gasteiger partial charge in [0, 0.05) is 30.3 Å². The number of thioether (sulfide) groups is 2. The lowest BCUT2D eigenvalue weighted by atomic mass is 10.3. The van der Waals surface area contributed by atoms with Crippen molar-refractivity contribution in [3.8, 4) is 0 Å². The standard InChI is InChI=1S/C14H18N2OS3/c17-13(15-12-6-2-1-3-7-12)19-10-11-20-14(18)16-8-4-5-9-16/h1-3,6-7H,4-5,8-11H2,(H,15,17). The van der Waals surface area contributed by atoms with Crippen molar-refractivity contribution >= 4 is 51.0 Å². The fourth-order valence-corrected chi connectivity index (χ4v) is 3.94. The van der Waals surface area contributed by atoms with E-state index >= 15 is 0 Å². The number of amides is 1. The molecule has 1 aliphatic rings. The van der Waals surface area contributed by atoms with Gasteiger partial charge in [0.15, 0.2) is 0 Å². The average Bonchev–Trinajstić information content (AvgIpc) is 2.99. The molecule has 0 radical (unpaired) electrons. The van der Waals surface area contributed by atoms with Gasteiger partial charge < -0.3 is 10.2 Å². The molecule has 1 N–H and O–H groups in total. The first kappa shape index (κ1) is 15.7. The van der Waals surface area contributed by atoms with Gasteiger partial charge in [0.2, 0.25) is 0 Å². The number of para-hydroxylation sites is 1. The van der Waals surface area contributed by atoms with Gasteiger partial charge in [-0.3, -0.25) is 4.79 Å². The number of nitrogens with zero attached hydrogens (tertiary/aromatic N) is 1. The Balaban J connectivity index is 1.58. The fourth-order valence-electron chi connectivity index (χ4n) is 1.93. The van der Waals surface area contributed by atoms with Gasteiger partial charge in [-0.2, -0.15) is 0 Å².